The molecule has 1 N–H and O–H groups in total. The van der Waals surface area contributed by atoms with Crippen molar-refractivity contribution >= 4 is 17.4 Å². The Kier molecular flexibility index (Phi) is 5.35. The maximum Gasteiger partial charge on any atom is 0.265 e. The molecule has 0 aliphatic heterocycles. The Bertz CT molecular complexity index is 961. The van der Waals surface area contributed by atoms with Crippen LogP contribution in [0.2, 0.25) is 0 Å². The van der Waals surface area contributed by atoms with Gasteiger partial charge < -0.3 is 14.6 Å². The number of aromatic nitrogens is 2. The molecule has 1 atom stereocenters. The number of nitrogens with zero attached hydrogens (tertiary/aromatic N) is 2. The number of hydrogen-bond acceptors (Lipinski definition) is 4. The molecule has 0 saturated heterocycles. The van der Waals surface area contributed by atoms with Gasteiger partial charge in [0.1, 0.15) is 5.75 Å². The number of ether oxygens (including phenoxy) is 1. The average molecular weight is 363 g/mol. The Morgan fingerprint density at radius 3 is 2.52 bits per heavy atom. The largest absolute Gasteiger partial charge is 0.481 e. The number of hydrogen-bond donors (Lipinski definition) is 1. The van der Waals surface area contributed by atoms with Crippen LogP contribution in [0.4, 0.5) is 5.69 Å². The number of benzene rings is 2. The quantitative estimate of drug-likeness (QED) is 0.682. The molecule has 2 aromatic carbocycles. The molecule has 0 fully saturated rings. The fourth-order valence-electron chi connectivity index (χ4n) is 2.61. The number of anilines is 1. The number of ketones is 1. The molecule has 3 rings (SSSR count). The maximum atomic E-state index is 12.4. The van der Waals surface area contributed by atoms with Crippen molar-refractivity contribution in [2.24, 2.45) is 7.05 Å². The van der Waals surface area contributed by atoms with E-state index in [9.17, 15) is 9.59 Å². The lowest BCUT2D eigenvalue weighted by atomic mass is 10.1. The predicted octanol–water partition coefficient (Wildman–Crippen LogP) is 3.37. The molecule has 1 amide bonds. The minimum Gasteiger partial charge on any atom is -0.481 e. The number of aryl methyl sites for hydroxylation is 2. The van der Waals surface area contributed by atoms with Crippen molar-refractivity contribution in [3.8, 4) is 5.75 Å². The first-order valence-corrected chi connectivity index (χ1v) is 8.60. The van der Waals surface area contributed by atoms with Crippen molar-refractivity contribution in [1.82, 2.24) is 9.55 Å². The van der Waals surface area contributed by atoms with Gasteiger partial charge in [0.25, 0.3) is 5.91 Å². The van der Waals surface area contributed by atoms with Gasteiger partial charge in [-0.15, -0.1) is 0 Å². The zero-order chi connectivity index (χ0) is 19.4. The van der Waals surface area contributed by atoms with Crippen LogP contribution in [-0.2, 0) is 11.8 Å². The van der Waals surface area contributed by atoms with Crippen molar-refractivity contribution in [1.29, 1.82) is 0 Å². The summed E-state index contributed by atoms with van der Waals surface area (Å²) in [6, 6.07) is 14.2. The highest BCUT2D eigenvalue weighted by Gasteiger charge is 2.16. The van der Waals surface area contributed by atoms with Gasteiger partial charge in [-0.1, -0.05) is 12.1 Å². The maximum absolute atomic E-state index is 12.4. The number of amides is 1. The minimum atomic E-state index is -0.652. The molecule has 0 saturated carbocycles. The molecule has 1 heterocycles. The predicted molar refractivity (Wildman–Crippen MR) is 103 cm³/mol. The van der Waals surface area contributed by atoms with Crippen LogP contribution in [0.3, 0.4) is 0 Å². The van der Waals surface area contributed by atoms with Crippen molar-refractivity contribution in [3.63, 3.8) is 0 Å². The van der Waals surface area contributed by atoms with Gasteiger partial charge in [-0.3, -0.25) is 9.59 Å². The molecule has 6 nitrogen and oxygen atoms in total. The molecular formula is C21H21N3O3. The molecule has 1 aromatic heterocycles. The molecule has 6 heteroatoms. The van der Waals surface area contributed by atoms with E-state index in [1.165, 1.54) is 0 Å². The van der Waals surface area contributed by atoms with E-state index in [0.29, 0.717) is 22.8 Å². The lowest BCUT2D eigenvalue weighted by molar-refractivity contribution is -0.122. The molecule has 27 heavy (non-hydrogen) atoms. The molecule has 0 aliphatic rings. The Morgan fingerprint density at radius 1 is 1.15 bits per heavy atom. The molecule has 1 unspecified atom stereocenters. The zero-order valence-corrected chi connectivity index (χ0v) is 15.5. The molecule has 0 aliphatic carbocycles. The molecular weight excluding hydrogens is 342 g/mol. The third-order valence-corrected chi connectivity index (χ3v) is 4.11. The monoisotopic (exact) mass is 363 g/mol. The van der Waals surface area contributed by atoms with E-state index in [4.69, 9.17) is 4.74 Å². The first-order valence-electron chi connectivity index (χ1n) is 8.60. The Labute approximate surface area is 157 Å². The van der Waals surface area contributed by atoms with E-state index in [1.54, 1.807) is 55.2 Å². The number of rotatable bonds is 6. The highest BCUT2D eigenvalue weighted by atomic mass is 16.5. The third-order valence-electron chi connectivity index (χ3n) is 4.11. The van der Waals surface area contributed by atoms with E-state index in [2.05, 4.69) is 10.3 Å². The Morgan fingerprint density at radius 2 is 1.89 bits per heavy atom. The van der Waals surface area contributed by atoms with E-state index in [-0.39, 0.29) is 11.7 Å². The second-order valence-electron chi connectivity index (χ2n) is 6.33. The molecule has 0 spiro atoms. The van der Waals surface area contributed by atoms with E-state index >= 15 is 0 Å². The van der Waals surface area contributed by atoms with Crippen molar-refractivity contribution < 1.29 is 14.3 Å². The van der Waals surface area contributed by atoms with Gasteiger partial charge in [0.05, 0.1) is 0 Å². The highest BCUT2D eigenvalue weighted by molar-refractivity contribution is 6.07. The molecule has 0 bridgehead atoms. The average Bonchev–Trinajstić information content (AvgIpc) is 3.07. The summed E-state index contributed by atoms with van der Waals surface area (Å²) in [6.07, 6.45) is 2.65. The van der Waals surface area contributed by atoms with Crippen molar-refractivity contribution in [3.05, 3.63) is 77.9 Å². The lowest BCUT2D eigenvalue weighted by Gasteiger charge is -2.15. The van der Waals surface area contributed by atoms with Crippen LogP contribution in [0.5, 0.6) is 5.75 Å². The van der Waals surface area contributed by atoms with Gasteiger partial charge in [0.2, 0.25) is 5.78 Å². The summed E-state index contributed by atoms with van der Waals surface area (Å²) in [5, 5.41) is 2.79. The Hall–Kier alpha value is -3.41. The standard InChI is InChI=1S/C21H21N3O3/c1-14-5-4-6-18(13-14)27-15(2)21(26)23-17-9-7-16(8-10-17)19(25)20-22-11-12-24(20)3/h4-13,15H,1-3H3,(H,23,26). The van der Waals surface area contributed by atoms with Crippen LogP contribution in [0.25, 0.3) is 0 Å². The summed E-state index contributed by atoms with van der Waals surface area (Å²) in [7, 11) is 1.77. The summed E-state index contributed by atoms with van der Waals surface area (Å²) in [5.74, 6) is 0.580. The summed E-state index contributed by atoms with van der Waals surface area (Å²) in [5.41, 5.74) is 2.16. The normalized spacial score (nSPS) is 11.7. The van der Waals surface area contributed by atoms with Crippen LogP contribution >= 0.6 is 0 Å². The van der Waals surface area contributed by atoms with Gasteiger partial charge in [-0.2, -0.15) is 0 Å². The second kappa shape index (κ2) is 7.86. The van der Waals surface area contributed by atoms with Gasteiger partial charge in [-0.25, -0.2) is 4.98 Å². The van der Waals surface area contributed by atoms with Crippen LogP contribution in [-0.4, -0.2) is 27.3 Å². The van der Waals surface area contributed by atoms with Gasteiger partial charge in [0.15, 0.2) is 11.9 Å². The summed E-state index contributed by atoms with van der Waals surface area (Å²) < 4.78 is 7.35. The molecule has 3 aromatic rings. The third kappa shape index (κ3) is 4.41. The smallest absolute Gasteiger partial charge is 0.265 e. The van der Waals surface area contributed by atoms with E-state index in [0.717, 1.165) is 5.56 Å². The fourth-order valence-corrected chi connectivity index (χ4v) is 2.61. The molecule has 0 radical (unpaired) electrons. The summed E-state index contributed by atoms with van der Waals surface area (Å²) in [4.78, 5) is 28.8. The number of imidazole rings is 1. The zero-order valence-electron chi connectivity index (χ0n) is 15.5. The number of nitrogens with one attached hydrogen (secondary N) is 1. The van der Waals surface area contributed by atoms with E-state index in [1.807, 2.05) is 31.2 Å². The van der Waals surface area contributed by atoms with Crippen molar-refractivity contribution in [2.45, 2.75) is 20.0 Å². The van der Waals surface area contributed by atoms with E-state index < -0.39 is 6.10 Å². The van der Waals surface area contributed by atoms with Crippen LogP contribution in [0, 0.1) is 6.92 Å². The van der Waals surface area contributed by atoms with Gasteiger partial charge >= 0.3 is 0 Å². The number of carbonyl (C=O) groups excluding carboxylic acids is 2. The summed E-state index contributed by atoms with van der Waals surface area (Å²) >= 11 is 0. The molecule has 138 valence electrons. The Balaban J connectivity index is 1.63. The van der Waals surface area contributed by atoms with Gasteiger partial charge in [-0.05, 0) is 55.8 Å². The lowest BCUT2D eigenvalue weighted by Crippen LogP contribution is -2.30. The van der Waals surface area contributed by atoms with Crippen molar-refractivity contribution in [2.75, 3.05) is 5.32 Å². The summed E-state index contributed by atoms with van der Waals surface area (Å²) in [6.45, 7) is 3.65. The minimum absolute atomic E-state index is 0.170. The van der Waals surface area contributed by atoms with Gasteiger partial charge in [0, 0.05) is 30.7 Å². The van der Waals surface area contributed by atoms with Crippen LogP contribution in [0.15, 0.2) is 60.9 Å². The topological polar surface area (TPSA) is 73.2 Å². The number of carbonyl (C=O) groups is 2. The van der Waals surface area contributed by atoms with Crippen LogP contribution < -0.4 is 10.1 Å². The SMILES string of the molecule is Cc1cccc(OC(C)C(=O)Nc2ccc(C(=O)c3nccn3C)cc2)c1. The highest BCUT2D eigenvalue weighted by Crippen LogP contribution is 2.16. The first kappa shape index (κ1) is 18.4. The van der Waals surface area contributed by atoms with Crippen LogP contribution in [0.1, 0.15) is 28.7 Å². The first-order chi connectivity index (χ1) is 12.9. The fraction of sp³-hybridized carbons (Fsp3) is 0.190. The second-order valence-corrected chi connectivity index (χ2v) is 6.33.